The molecule has 1 rings (SSSR count). The normalized spacial score (nSPS) is 14.7. The van der Waals surface area contributed by atoms with Crippen LogP contribution in [0.1, 0.15) is 21.9 Å². The minimum Gasteiger partial charge on any atom is -0.228 e. The summed E-state index contributed by atoms with van der Waals surface area (Å²) >= 11 is 0. The SMILES string of the molecule is Cc1ccc(C)c(C(C(F)(F)F)S(N)(=O)=O)c1. The van der Waals surface area contributed by atoms with E-state index in [9.17, 15) is 21.6 Å². The number of hydrogen-bond acceptors (Lipinski definition) is 2. The minimum atomic E-state index is -4.92. The average Bonchev–Trinajstić information content (AvgIpc) is 2.06. The van der Waals surface area contributed by atoms with E-state index in [2.05, 4.69) is 5.14 Å². The first-order chi connectivity index (χ1) is 7.53. The van der Waals surface area contributed by atoms with E-state index >= 15 is 0 Å². The van der Waals surface area contributed by atoms with Crippen molar-refractivity contribution in [2.24, 2.45) is 5.14 Å². The molecule has 2 N–H and O–H groups in total. The first-order valence-electron chi connectivity index (χ1n) is 4.69. The zero-order chi connectivity index (χ0) is 13.4. The summed E-state index contributed by atoms with van der Waals surface area (Å²) in [5.74, 6) is 0. The molecular weight excluding hydrogens is 255 g/mol. The Bertz CT molecular complexity index is 523. The van der Waals surface area contributed by atoms with Gasteiger partial charge >= 0.3 is 6.18 Å². The maximum absolute atomic E-state index is 12.8. The molecule has 0 saturated carbocycles. The largest absolute Gasteiger partial charge is 0.410 e. The highest BCUT2D eigenvalue weighted by Gasteiger charge is 2.49. The van der Waals surface area contributed by atoms with Gasteiger partial charge in [0.15, 0.2) is 5.25 Å². The van der Waals surface area contributed by atoms with E-state index in [1.807, 2.05) is 0 Å². The maximum atomic E-state index is 12.8. The molecule has 0 aliphatic carbocycles. The number of aryl methyl sites for hydroxylation is 2. The van der Waals surface area contributed by atoms with Crippen LogP contribution in [0.15, 0.2) is 18.2 Å². The van der Waals surface area contributed by atoms with Crippen molar-refractivity contribution < 1.29 is 21.6 Å². The number of alkyl halides is 3. The molecule has 1 aromatic rings. The first kappa shape index (κ1) is 14.0. The molecule has 0 aromatic heterocycles. The van der Waals surface area contributed by atoms with Crippen LogP contribution in [0.2, 0.25) is 0 Å². The van der Waals surface area contributed by atoms with Gasteiger partial charge in [-0.3, -0.25) is 0 Å². The molecule has 0 radical (unpaired) electrons. The predicted octanol–water partition coefficient (Wildman–Crippen LogP) is 2.20. The molecule has 0 bridgehead atoms. The number of hydrogen-bond donors (Lipinski definition) is 1. The van der Waals surface area contributed by atoms with Crippen molar-refractivity contribution in [3.8, 4) is 0 Å². The topological polar surface area (TPSA) is 60.2 Å². The lowest BCUT2D eigenvalue weighted by atomic mass is 10.0. The lowest BCUT2D eigenvalue weighted by Gasteiger charge is -2.20. The number of primary sulfonamides is 1. The van der Waals surface area contributed by atoms with Crippen molar-refractivity contribution in [3.05, 3.63) is 34.9 Å². The van der Waals surface area contributed by atoms with Crippen LogP contribution in [-0.2, 0) is 10.0 Å². The summed E-state index contributed by atoms with van der Waals surface area (Å²) < 4.78 is 60.5. The van der Waals surface area contributed by atoms with Gasteiger partial charge < -0.3 is 0 Å². The summed E-state index contributed by atoms with van der Waals surface area (Å²) in [7, 11) is -4.74. The monoisotopic (exact) mass is 267 g/mol. The van der Waals surface area contributed by atoms with Crippen molar-refractivity contribution in [3.63, 3.8) is 0 Å². The molecule has 0 fully saturated rings. The van der Waals surface area contributed by atoms with E-state index in [1.165, 1.54) is 19.1 Å². The van der Waals surface area contributed by atoms with Gasteiger partial charge in [0, 0.05) is 0 Å². The Morgan fingerprint density at radius 3 is 2.18 bits per heavy atom. The molecule has 1 unspecified atom stereocenters. The summed E-state index contributed by atoms with van der Waals surface area (Å²) in [5.41, 5.74) is 0.468. The zero-order valence-electron chi connectivity index (χ0n) is 9.25. The highest BCUT2D eigenvalue weighted by atomic mass is 32.2. The molecule has 1 aromatic carbocycles. The van der Waals surface area contributed by atoms with Gasteiger partial charge in [-0.25, -0.2) is 13.6 Å². The van der Waals surface area contributed by atoms with Crippen molar-refractivity contribution in [2.45, 2.75) is 25.3 Å². The smallest absolute Gasteiger partial charge is 0.228 e. The fraction of sp³-hybridized carbons (Fsp3) is 0.400. The van der Waals surface area contributed by atoms with Crippen LogP contribution in [0, 0.1) is 13.8 Å². The van der Waals surface area contributed by atoms with Gasteiger partial charge in [-0.1, -0.05) is 23.8 Å². The Hall–Kier alpha value is -1.08. The van der Waals surface area contributed by atoms with Gasteiger partial charge in [-0.15, -0.1) is 0 Å². The van der Waals surface area contributed by atoms with E-state index in [0.29, 0.717) is 5.56 Å². The molecular formula is C10H12F3NO2S. The molecule has 3 nitrogen and oxygen atoms in total. The number of sulfonamides is 1. The van der Waals surface area contributed by atoms with Gasteiger partial charge in [0.2, 0.25) is 10.0 Å². The molecule has 0 aliphatic rings. The average molecular weight is 267 g/mol. The number of rotatable bonds is 2. The summed E-state index contributed by atoms with van der Waals surface area (Å²) in [5, 5.41) is 2.00. The minimum absolute atomic E-state index is 0.243. The second kappa shape index (κ2) is 4.30. The molecule has 0 aliphatic heterocycles. The summed E-state index contributed by atoms with van der Waals surface area (Å²) in [6.07, 6.45) is -4.92. The van der Waals surface area contributed by atoms with Crippen LogP contribution in [-0.4, -0.2) is 14.6 Å². The van der Waals surface area contributed by atoms with Crippen molar-refractivity contribution in [2.75, 3.05) is 0 Å². The van der Waals surface area contributed by atoms with Crippen molar-refractivity contribution in [1.29, 1.82) is 0 Å². The third-order valence-electron chi connectivity index (χ3n) is 2.34. The lowest BCUT2D eigenvalue weighted by Crippen LogP contribution is -2.33. The highest BCUT2D eigenvalue weighted by Crippen LogP contribution is 2.39. The van der Waals surface area contributed by atoms with Gasteiger partial charge in [-0.05, 0) is 25.0 Å². The second-order valence-corrected chi connectivity index (χ2v) is 5.52. The molecule has 17 heavy (non-hydrogen) atoms. The molecule has 7 heteroatoms. The zero-order valence-corrected chi connectivity index (χ0v) is 10.1. The molecule has 0 amide bonds. The van der Waals surface area contributed by atoms with Gasteiger partial charge in [0.1, 0.15) is 0 Å². The Kier molecular flexibility index (Phi) is 3.54. The molecule has 1 atom stereocenters. The Morgan fingerprint density at radius 2 is 1.76 bits per heavy atom. The van der Waals surface area contributed by atoms with E-state index in [4.69, 9.17) is 0 Å². The third-order valence-corrected chi connectivity index (χ3v) is 3.52. The van der Waals surface area contributed by atoms with E-state index in [1.54, 1.807) is 13.0 Å². The summed E-state index contributed by atoms with van der Waals surface area (Å²) in [6, 6.07) is 4.24. The predicted molar refractivity (Wildman–Crippen MR) is 57.8 cm³/mol. The van der Waals surface area contributed by atoms with Crippen LogP contribution < -0.4 is 5.14 Å². The Balaban J connectivity index is 3.49. The quantitative estimate of drug-likeness (QED) is 0.893. The van der Waals surface area contributed by atoms with E-state index < -0.39 is 21.4 Å². The summed E-state index contributed by atoms with van der Waals surface area (Å²) in [6.45, 7) is 3.00. The van der Waals surface area contributed by atoms with Crippen LogP contribution in [0.25, 0.3) is 0 Å². The van der Waals surface area contributed by atoms with Crippen molar-refractivity contribution in [1.82, 2.24) is 0 Å². The Labute approximate surface area is 97.5 Å². The fourth-order valence-electron chi connectivity index (χ4n) is 1.58. The van der Waals surface area contributed by atoms with E-state index in [-0.39, 0.29) is 11.1 Å². The fourth-order valence-corrected chi connectivity index (χ4v) is 2.56. The standard InChI is InChI=1S/C10H12F3NO2S/c1-6-3-4-7(2)8(5-6)9(10(11,12)13)17(14,15)16/h3-5,9H,1-2H3,(H2,14,15,16). The summed E-state index contributed by atoms with van der Waals surface area (Å²) in [4.78, 5) is 0. The van der Waals surface area contributed by atoms with Gasteiger partial charge in [0.25, 0.3) is 0 Å². The molecule has 96 valence electrons. The van der Waals surface area contributed by atoms with Crippen LogP contribution in [0.4, 0.5) is 13.2 Å². The number of benzene rings is 1. The first-order valence-corrected chi connectivity index (χ1v) is 6.30. The van der Waals surface area contributed by atoms with Crippen molar-refractivity contribution >= 4 is 10.0 Å². The molecule has 0 heterocycles. The van der Waals surface area contributed by atoms with Crippen LogP contribution >= 0.6 is 0 Å². The van der Waals surface area contributed by atoms with Crippen LogP contribution in [0.3, 0.4) is 0 Å². The van der Waals surface area contributed by atoms with E-state index in [0.717, 1.165) is 0 Å². The number of nitrogens with two attached hydrogens (primary N) is 1. The number of halogens is 3. The second-order valence-electron chi connectivity index (χ2n) is 3.87. The van der Waals surface area contributed by atoms with Gasteiger partial charge in [-0.2, -0.15) is 13.2 Å². The van der Waals surface area contributed by atoms with Crippen LogP contribution in [0.5, 0.6) is 0 Å². The molecule has 0 saturated heterocycles. The maximum Gasteiger partial charge on any atom is 0.410 e. The third kappa shape index (κ3) is 3.19. The highest BCUT2D eigenvalue weighted by molar-refractivity contribution is 7.89. The molecule has 0 spiro atoms. The Morgan fingerprint density at radius 1 is 1.24 bits per heavy atom. The lowest BCUT2D eigenvalue weighted by molar-refractivity contribution is -0.131. The van der Waals surface area contributed by atoms with Gasteiger partial charge in [0.05, 0.1) is 0 Å².